The molecule has 5 heteroatoms. The summed E-state index contributed by atoms with van der Waals surface area (Å²) in [5, 5.41) is 6.19. The minimum absolute atomic E-state index is 0.00899. The summed E-state index contributed by atoms with van der Waals surface area (Å²) in [5.74, 6) is 2.40. The largest absolute Gasteiger partial charge is 0.457 e. The molecule has 63 heavy (non-hydrogen) atoms. The van der Waals surface area contributed by atoms with Gasteiger partial charge in [0.25, 0.3) is 0 Å². The molecule has 0 spiro atoms. The molecule has 2 aromatic heterocycles. The van der Waals surface area contributed by atoms with Crippen LogP contribution in [0.3, 0.4) is 0 Å². The van der Waals surface area contributed by atoms with Crippen LogP contribution in [0.15, 0.2) is 146 Å². The fourth-order valence-electron chi connectivity index (χ4n) is 8.26. The third-order valence-corrected chi connectivity index (χ3v) is 12.3. The van der Waals surface area contributed by atoms with Crippen LogP contribution in [0.5, 0.6) is 11.5 Å². The second-order valence-corrected chi connectivity index (χ2v) is 21.3. The van der Waals surface area contributed by atoms with E-state index in [4.69, 9.17) is 9.72 Å². The van der Waals surface area contributed by atoms with E-state index in [1.165, 1.54) is 38.8 Å². The van der Waals surface area contributed by atoms with E-state index in [1.54, 1.807) is 0 Å². The molecule has 0 unspecified atom stereocenters. The average Bonchev–Trinajstić information content (AvgIpc) is 3.55. The van der Waals surface area contributed by atoms with Crippen molar-refractivity contribution in [1.82, 2.24) is 9.55 Å². The number of benzene rings is 6. The molecule has 322 valence electrons. The fourth-order valence-corrected chi connectivity index (χ4v) is 8.26. The molecule has 1 N–H and O–H groups in total. The zero-order valence-corrected chi connectivity index (χ0v) is 39.6. The molecule has 0 fully saturated rings. The molecular weight excluding hydrogens is 769 g/mol. The average molecular weight is 833 g/mol. The van der Waals surface area contributed by atoms with Gasteiger partial charge in [-0.3, -0.25) is 4.57 Å². The maximum absolute atomic E-state index is 6.79. The third kappa shape index (κ3) is 9.11. The Morgan fingerprint density at radius 3 is 1.81 bits per heavy atom. The van der Waals surface area contributed by atoms with E-state index in [2.05, 4.69) is 238 Å². The molecule has 0 aliphatic carbocycles. The Bertz CT molecular complexity index is 2910. The number of rotatable bonds is 8. The smallest absolute Gasteiger partial charge is 0.137 e. The molecule has 8 aromatic rings. The van der Waals surface area contributed by atoms with Crippen LogP contribution in [0.4, 0.5) is 22.7 Å². The van der Waals surface area contributed by atoms with Crippen molar-refractivity contribution < 1.29 is 4.74 Å². The van der Waals surface area contributed by atoms with Crippen LogP contribution in [0.25, 0.3) is 38.8 Å². The van der Waals surface area contributed by atoms with Gasteiger partial charge in [0.1, 0.15) is 17.3 Å². The number of hydrogen-bond donors (Lipinski definition) is 1. The molecule has 2 heterocycles. The van der Waals surface area contributed by atoms with E-state index in [0.29, 0.717) is 0 Å². The van der Waals surface area contributed by atoms with Crippen molar-refractivity contribution in [3.05, 3.63) is 168 Å². The number of ether oxygens (including phenoxy) is 1. The minimum atomic E-state index is -0.0293. The Hall–Kier alpha value is -6.33. The molecule has 0 aliphatic rings. The summed E-state index contributed by atoms with van der Waals surface area (Å²) in [6.45, 7) is 27.3. The fraction of sp³-hybridized carbons (Fsp3) is 0.293. The summed E-state index contributed by atoms with van der Waals surface area (Å²) >= 11 is 0. The van der Waals surface area contributed by atoms with Gasteiger partial charge in [-0.1, -0.05) is 138 Å². The SMILES string of the molecule is CN(c1cccc(Oc2ccc3c4cc(-c5ccccc5)ccc4n(-c4cc(C(C)(C)C)ccn4)c3c2)c1)c1cc(C(C)(C)C)ccc1Nc1cc(C(C)(C)C)cc(C(C)(C)C)c1. The van der Waals surface area contributed by atoms with E-state index in [-0.39, 0.29) is 21.7 Å². The van der Waals surface area contributed by atoms with Gasteiger partial charge in [0.2, 0.25) is 0 Å². The normalized spacial score (nSPS) is 12.5. The van der Waals surface area contributed by atoms with Crippen LogP contribution in [0, 0.1) is 0 Å². The summed E-state index contributed by atoms with van der Waals surface area (Å²) in [7, 11) is 2.14. The van der Waals surface area contributed by atoms with E-state index >= 15 is 0 Å². The first kappa shape index (κ1) is 43.3. The van der Waals surface area contributed by atoms with E-state index in [1.807, 2.05) is 12.3 Å². The topological polar surface area (TPSA) is 42.3 Å². The molecule has 0 atom stereocenters. The lowest BCUT2D eigenvalue weighted by molar-refractivity contribution is 0.483. The number of anilines is 4. The van der Waals surface area contributed by atoms with Crippen molar-refractivity contribution in [2.75, 3.05) is 17.3 Å². The Kier molecular flexibility index (Phi) is 11.1. The summed E-state index contributed by atoms with van der Waals surface area (Å²) in [4.78, 5) is 7.21. The highest BCUT2D eigenvalue weighted by Gasteiger charge is 2.24. The second kappa shape index (κ2) is 16.1. The molecule has 0 bridgehead atoms. The molecule has 0 saturated heterocycles. The molecule has 6 aromatic carbocycles. The van der Waals surface area contributed by atoms with Crippen molar-refractivity contribution >= 4 is 44.6 Å². The zero-order chi connectivity index (χ0) is 45.1. The molecule has 0 aliphatic heterocycles. The summed E-state index contributed by atoms with van der Waals surface area (Å²) in [5.41, 5.74) is 13.8. The number of aromatic nitrogens is 2. The third-order valence-electron chi connectivity index (χ3n) is 12.3. The second-order valence-electron chi connectivity index (χ2n) is 21.3. The van der Waals surface area contributed by atoms with E-state index < -0.39 is 0 Å². The number of pyridine rings is 1. The van der Waals surface area contributed by atoms with Gasteiger partial charge >= 0.3 is 0 Å². The lowest BCUT2D eigenvalue weighted by Gasteiger charge is -2.29. The summed E-state index contributed by atoms with van der Waals surface area (Å²) < 4.78 is 9.07. The van der Waals surface area contributed by atoms with Gasteiger partial charge in [-0.2, -0.15) is 0 Å². The van der Waals surface area contributed by atoms with Gasteiger partial charge in [0.15, 0.2) is 0 Å². The Morgan fingerprint density at radius 2 is 1.14 bits per heavy atom. The maximum Gasteiger partial charge on any atom is 0.137 e. The van der Waals surface area contributed by atoms with Crippen molar-refractivity contribution in [2.45, 2.75) is 105 Å². The first-order valence-electron chi connectivity index (χ1n) is 22.3. The van der Waals surface area contributed by atoms with Crippen molar-refractivity contribution in [3.8, 4) is 28.4 Å². The highest BCUT2D eigenvalue weighted by Crippen LogP contribution is 2.42. The van der Waals surface area contributed by atoms with Crippen LogP contribution in [-0.4, -0.2) is 16.6 Å². The van der Waals surface area contributed by atoms with Crippen LogP contribution >= 0.6 is 0 Å². The van der Waals surface area contributed by atoms with E-state index in [9.17, 15) is 0 Å². The van der Waals surface area contributed by atoms with Crippen molar-refractivity contribution in [3.63, 3.8) is 0 Å². The molecule has 5 nitrogen and oxygen atoms in total. The van der Waals surface area contributed by atoms with E-state index in [0.717, 1.165) is 56.5 Å². The van der Waals surface area contributed by atoms with Crippen molar-refractivity contribution in [2.24, 2.45) is 0 Å². The lowest BCUT2D eigenvalue weighted by Crippen LogP contribution is -2.18. The standard InChI is InChI=1S/C58H64N4O/c1-55(2,3)40-23-26-50(60-44-32-42(57(7,8)9)31-43(33-44)58(10,11)12)53(34-40)61(13)45-20-17-21-46(36-45)63-47-24-25-48-49-30-39(38-18-15-14-16-19-38)22-27-51(49)62(52(48)37-47)54-35-41(28-29-59-54)56(4,5)6/h14-37,60H,1-13H3. The maximum atomic E-state index is 6.79. The number of nitrogens with one attached hydrogen (secondary N) is 1. The monoisotopic (exact) mass is 833 g/mol. The predicted molar refractivity (Wildman–Crippen MR) is 270 cm³/mol. The Labute approximate surface area is 375 Å². The van der Waals surface area contributed by atoms with Crippen molar-refractivity contribution in [1.29, 1.82) is 0 Å². The van der Waals surface area contributed by atoms with Crippen LogP contribution in [-0.2, 0) is 21.7 Å². The van der Waals surface area contributed by atoms with Gasteiger partial charge < -0.3 is 15.0 Å². The Balaban J connectivity index is 1.18. The number of hydrogen-bond acceptors (Lipinski definition) is 4. The first-order chi connectivity index (χ1) is 29.6. The highest BCUT2D eigenvalue weighted by atomic mass is 16.5. The van der Waals surface area contributed by atoms with Crippen LogP contribution < -0.4 is 15.0 Å². The minimum Gasteiger partial charge on any atom is -0.457 e. The molecule has 8 rings (SSSR count). The van der Waals surface area contributed by atoms with Gasteiger partial charge in [0, 0.05) is 47.5 Å². The molecule has 0 saturated carbocycles. The highest BCUT2D eigenvalue weighted by molar-refractivity contribution is 6.10. The molecule has 0 amide bonds. The lowest BCUT2D eigenvalue weighted by atomic mass is 9.80. The summed E-state index contributed by atoms with van der Waals surface area (Å²) in [6.07, 6.45) is 1.93. The number of nitrogens with zero attached hydrogens (tertiary/aromatic N) is 3. The Morgan fingerprint density at radius 1 is 0.492 bits per heavy atom. The predicted octanol–water partition coefficient (Wildman–Crippen LogP) is 16.3. The molecular formula is C58H64N4O. The molecule has 0 radical (unpaired) electrons. The number of fused-ring (bicyclic) bond motifs is 3. The van der Waals surface area contributed by atoms with Gasteiger partial charge in [-0.05, 0) is 128 Å². The summed E-state index contributed by atoms with van der Waals surface area (Å²) in [6, 6.07) is 50.3. The van der Waals surface area contributed by atoms with Gasteiger partial charge in [0.05, 0.1) is 22.4 Å². The van der Waals surface area contributed by atoms with Gasteiger partial charge in [-0.15, -0.1) is 0 Å². The zero-order valence-electron chi connectivity index (χ0n) is 39.6. The first-order valence-corrected chi connectivity index (χ1v) is 22.3. The van der Waals surface area contributed by atoms with Gasteiger partial charge in [-0.25, -0.2) is 4.98 Å². The van der Waals surface area contributed by atoms with Crippen LogP contribution in [0.1, 0.15) is 105 Å². The quantitative estimate of drug-likeness (QED) is 0.166. The van der Waals surface area contributed by atoms with Crippen LogP contribution in [0.2, 0.25) is 0 Å².